The van der Waals surface area contributed by atoms with E-state index in [0.717, 1.165) is 24.3 Å². The van der Waals surface area contributed by atoms with Crippen LogP contribution in [0.3, 0.4) is 0 Å². The van der Waals surface area contributed by atoms with E-state index in [9.17, 15) is 26.3 Å². The van der Waals surface area contributed by atoms with Gasteiger partial charge in [-0.1, -0.05) is 12.1 Å². The summed E-state index contributed by atoms with van der Waals surface area (Å²) in [6.45, 7) is 0. The lowest BCUT2D eigenvalue weighted by Gasteiger charge is -2.09. The van der Waals surface area contributed by atoms with E-state index in [4.69, 9.17) is 0 Å². The van der Waals surface area contributed by atoms with Crippen LogP contribution in [0.4, 0.5) is 26.3 Å². The first-order valence-corrected chi connectivity index (χ1v) is 5.72. The minimum absolute atomic E-state index is 0.00310. The topological polar surface area (TPSA) is 25.8 Å². The van der Waals surface area contributed by atoms with Crippen molar-refractivity contribution in [2.24, 2.45) is 0 Å². The third-order valence-corrected chi connectivity index (χ3v) is 2.56. The quantitative estimate of drug-likeness (QED) is 0.781. The summed E-state index contributed by atoms with van der Waals surface area (Å²) in [7, 11) is 0. The summed E-state index contributed by atoms with van der Waals surface area (Å²) < 4.78 is 75.0. The van der Waals surface area contributed by atoms with Gasteiger partial charge in [0, 0.05) is 17.8 Å². The van der Waals surface area contributed by atoms with Crippen molar-refractivity contribution in [1.82, 2.24) is 9.97 Å². The summed E-state index contributed by atoms with van der Waals surface area (Å²) >= 11 is 0. The molecule has 0 fully saturated rings. The molecule has 0 aliphatic heterocycles. The van der Waals surface area contributed by atoms with Crippen LogP contribution in [0.25, 0.3) is 0 Å². The molecule has 2 aromatic heterocycles. The lowest BCUT2D eigenvalue weighted by atomic mass is 10.2. The van der Waals surface area contributed by atoms with Gasteiger partial charge in [0.15, 0.2) is 0 Å². The van der Waals surface area contributed by atoms with E-state index >= 15 is 0 Å². The van der Waals surface area contributed by atoms with Gasteiger partial charge >= 0.3 is 12.4 Å². The molecule has 0 aliphatic rings. The number of aromatic nitrogens is 2. The molecule has 2 nitrogen and oxygen atoms in total. The van der Waals surface area contributed by atoms with Crippen LogP contribution in [0.2, 0.25) is 0 Å². The molecule has 0 saturated carbocycles. The Morgan fingerprint density at radius 3 is 1.38 bits per heavy atom. The Morgan fingerprint density at radius 1 is 0.667 bits per heavy atom. The molecular weight excluding hydrogens is 298 g/mol. The van der Waals surface area contributed by atoms with Gasteiger partial charge in [-0.15, -0.1) is 0 Å². The molecule has 2 rings (SSSR count). The van der Waals surface area contributed by atoms with E-state index in [-0.39, 0.29) is 17.8 Å². The minimum Gasteiger partial charge on any atom is -0.248 e. The molecule has 2 aromatic rings. The monoisotopic (exact) mass is 306 g/mol. The van der Waals surface area contributed by atoms with E-state index in [1.54, 1.807) is 0 Å². The third kappa shape index (κ3) is 3.93. The SMILES string of the molecule is FC(F)(F)c1cccc(Cc2cccc(C(F)(F)F)n2)n1. The maximum atomic E-state index is 12.5. The summed E-state index contributed by atoms with van der Waals surface area (Å²) in [4.78, 5) is 6.77. The first-order valence-electron chi connectivity index (χ1n) is 5.72. The summed E-state index contributed by atoms with van der Waals surface area (Å²) in [6, 6.07) is 6.50. The summed E-state index contributed by atoms with van der Waals surface area (Å²) in [5, 5.41) is 0. The fourth-order valence-electron chi connectivity index (χ4n) is 1.66. The zero-order valence-electron chi connectivity index (χ0n) is 10.3. The molecule has 0 radical (unpaired) electrons. The lowest BCUT2D eigenvalue weighted by Crippen LogP contribution is -2.11. The van der Waals surface area contributed by atoms with Crippen LogP contribution in [0.1, 0.15) is 22.8 Å². The fourth-order valence-corrected chi connectivity index (χ4v) is 1.66. The zero-order chi connectivity index (χ0) is 15.7. The van der Waals surface area contributed by atoms with Crippen molar-refractivity contribution in [1.29, 1.82) is 0 Å². The predicted molar refractivity (Wildman–Crippen MR) is 61.3 cm³/mol. The van der Waals surface area contributed by atoms with E-state index in [1.807, 2.05) is 0 Å². The highest BCUT2D eigenvalue weighted by atomic mass is 19.4. The highest BCUT2D eigenvalue weighted by Gasteiger charge is 2.33. The van der Waals surface area contributed by atoms with Crippen LogP contribution in [-0.4, -0.2) is 9.97 Å². The fraction of sp³-hybridized carbons (Fsp3) is 0.231. The highest BCUT2D eigenvalue weighted by molar-refractivity contribution is 5.21. The molecule has 0 bridgehead atoms. The normalized spacial score (nSPS) is 12.5. The minimum atomic E-state index is -4.60. The predicted octanol–water partition coefficient (Wildman–Crippen LogP) is 4.11. The van der Waals surface area contributed by atoms with Gasteiger partial charge < -0.3 is 0 Å². The van der Waals surface area contributed by atoms with Crippen molar-refractivity contribution < 1.29 is 26.3 Å². The number of hydrogen-bond acceptors (Lipinski definition) is 2. The molecule has 2 heterocycles. The second kappa shape index (κ2) is 5.34. The Kier molecular flexibility index (Phi) is 3.89. The van der Waals surface area contributed by atoms with Crippen molar-refractivity contribution in [3.05, 3.63) is 59.2 Å². The number of rotatable bonds is 2. The summed E-state index contributed by atoms with van der Waals surface area (Å²) in [5.41, 5.74) is -2.19. The van der Waals surface area contributed by atoms with Crippen molar-refractivity contribution >= 4 is 0 Å². The van der Waals surface area contributed by atoms with E-state index in [1.165, 1.54) is 12.1 Å². The van der Waals surface area contributed by atoms with Crippen molar-refractivity contribution in [2.75, 3.05) is 0 Å². The number of alkyl halides is 6. The first-order chi connectivity index (χ1) is 9.66. The molecule has 21 heavy (non-hydrogen) atoms. The van der Waals surface area contributed by atoms with Gasteiger partial charge in [0.25, 0.3) is 0 Å². The molecule has 0 saturated heterocycles. The largest absolute Gasteiger partial charge is 0.433 e. The molecule has 0 aliphatic carbocycles. The highest BCUT2D eigenvalue weighted by Crippen LogP contribution is 2.29. The number of hydrogen-bond donors (Lipinski definition) is 0. The molecule has 0 amide bonds. The number of pyridine rings is 2. The second-order valence-corrected chi connectivity index (χ2v) is 4.20. The van der Waals surface area contributed by atoms with E-state index in [0.29, 0.717) is 0 Å². The molecule has 8 heteroatoms. The molecule has 0 aromatic carbocycles. The number of halogens is 6. The maximum absolute atomic E-state index is 12.5. The molecule has 0 N–H and O–H groups in total. The Hall–Kier alpha value is -2.12. The molecular formula is C13H8F6N2. The first kappa shape index (κ1) is 15.3. The average molecular weight is 306 g/mol. The van der Waals surface area contributed by atoms with Gasteiger partial charge in [-0.05, 0) is 24.3 Å². The van der Waals surface area contributed by atoms with Gasteiger partial charge in [0.2, 0.25) is 0 Å². The lowest BCUT2D eigenvalue weighted by molar-refractivity contribution is -0.141. The maximum Gasteiger partial charge on any atom is 0.433 e. The van der Waals surface area contributed by atoms with E-state index < -0.39 is 23.7 Å². The van der Waals surface area contributed by atoms with Crippen molar-refractivity contribution in [3.8, 4) is 0 Å². The Bertz CT molecular complexity index is 578. The van der Waals surface area contributed by atoms with Crippen molar-refractivity contribution in [2.45, 2.75) is 18.8 Å². The van der Waals surface area contributed by atoms with E-state index in [2.05, 4.69) is 9.97 Å². The van der Waals surface area contributed by atoms with Crippen LogP contribution in [0.15, 0.2) is 36.4 Å². The van der Waals surface area contributed by atoms with Gasteiger partial charge in [-0.3, -0.25) is 0 Å². The van der Waals surface area contributed by atoms with Crippen LogP contribution in [-0.2, 0) is 18.8 Å². The van der Waals surface area contributed by atoms with Gasteiger partial charge in [-0.25, -0.2) is 9.97 Å². The van der Waals surface area contributed by atoms with Crippen LogP contribution >= 0.6 is 0 Å². The van der Waals surface area contributed by atoms with Crippen LogP contribution in [0, 0.1) is 0 Å². The zero-order valence-corrected chi connectivity index (χ0v) is 10.3. The van der Waals surface area contributed by atoms with Gasteiger partial charge in [0.05, 0.1) is 0 Å². The standard InChI is InChI=1S/C13H8F6N2/c14-12(15,16)10-5-1-3-8(20-10)7-9-4-2-6-11(21-9)13(17,18)19/h1-6H,7H2. The molecule has 0 spiro atoms. The third-order valence-electron chi connectivity index (χ3n) is 2.56. The number of nitrogens with zero attached hydrogens (tertiary/aromatic N) is 2. The molecule has 0 atom stereocenters. The van der Waals surface area contributed by atoms with Gasteiger partial charge in [-0.2, -0.15) is 26.3 Å². The second-order valence-electron chi connectivity index (χ2n) is 4.20. The average Bonchev–Trinajstić information content (AvgIpc) is 2.37. The van der Waals surface area contributed by atoms with Crippen molar-refractivity contribution in [3.63, 3.8) is 0 Å². The Morgan fingerprint density at radius 2 is 1.05 bits per heavy atom. The van der Waals surface area contributed by atoms with Crippen LogP contribution < -0.4 is 0 Å². The molecule has 112 valence electrons. The smallest absolute Gasteiger partial charge is 0.248 e. The Balaban J connectivity index is 2.27. The Labute approximate surface area is 115 Å². The summed E-state index contributed by atoms with van der Waals surface area (Å²) in [5.74, 6) is 0. The summed E-state index contributed by atoms with van der Waals surface area (Å²) in [6.07, 6.45) is -9.41. The van der Waals surface area contributed by atoms with Gasteiger partial charge in [0.1, 0.15) is 11.4 Å². The van der Waals surface area contributed by atoms with Crippen LogP contribution in [0.5, 0.6) is 0 Å². The molecule has 0 unspecified atom stereocenters.